The van der Waals surface area contributed by atoms with E-state index >= 15 is 0 Å². The van der Waals surface area contributed by atoms with E-state index in [0.717, 1.165) is 17.1 Å². The van der Waals surface area contributed by atoms with Crippen molar-refractivity contribution >= 4 is 23.4 Å². The Kier molecular flexibility index (Phi) is 6.69. The summed E-state index contributed by atoms with van der Waals surface area (Å²) in [5, 5.41) is 11.3. The van der Waals surface area contributed by atoms with Crippen LogP contribution in [0.3, 0.4) is 0 Å². The first-order valence-corrected chi connectivity index (χ1v) is 10.1. The Morgan fingerprint density at radius 2 is 1.26 bits per heavy atom. The van der Waals surface area contributed by atoms with Gasteiger partial charge in [-0.05, 0) is 76.6 Å². The molecule has 4 amide bonds. The molecule has 3 rings (SSSR count). The Morgan fingerprint density at radius 1 is 0.742 bits per heavy atom. The lowest BCUT2D eigenvalue weighted by Gasteiger charge is -2.16. The summed E-state index contributed by atoms with van der Waals surface area (Å²) < 4.78 is 11.1. The lowest BCUT2D eigenvalue weighted by Crippen LogP contribution is -2.32. The number of rotatable bonds is 6. The van der Waals surface area contributed by atoms with E-state index in [-0.39, 0.29) is 24.1 Å². The Bertz CT molecular complexity index is 1070. The second kappa shape index (κ2) is 9.42. The minimum atomic E-state index is -0.373. The van der Waals surface area contributed by atoms with E-state index in [4.69, 9.17) is 8.83 Å². The maximum absolute atomic E-state index is 12.4. The lowest BCUT2D eigenvalue weighted by atomic mass is 10.2. The third-order valence-electron chi connectivity index (χ3n) is 4.81. The van der Waals surface area contributed by atoms with Gasteiger partial charge >= 0.3 is 12.1 Å². The van der Waals surface area contributed by atoms with Crippen LogP contribution in [0, 0.1) is 20.8 Å². The van der Waals surface area contributed by atoms with Crippen molar-refractivity contribution in [3.63, 3.8) is 0 Å². The fourth-order valence-electron chi connectivity index (χ4n) is 3.07. The second-order valence-corrected chi connectivity index (χ2v) is 7.57. The molecule has 0 aliphatic carbocycles. The summed E-state index contributed by atoms with van der Waals surface area (Å²) >= 11 is 0. The molecule has 0 saturated carbocycles. The molecule has 2 unspecified atom stereocenters. The van der Waals surface area contributed by atoms with Gasteiger partial charge in [0, 0.05) is 11.4 Å². The van der Waals surface area contributed by atoms with Crippen molar-refractivity contribution in [2.75, 3.05) is 10.6 Å². The van der Waals surface area contributed by atoms with E-state index in [9.17, 15) is 9.59 Å². The summed E-state index contributed by atoms with van der Waals surface area (Å²) in [7, 11) is 0. The van der Waals surface area contributed by atoms with Gasteiger partial charge in [-0.25, -0.2) is 9.59 Å². The van der Waals surface area contributed by atoms with Crippen LogP contribution >= 0.6 is 0 Å². The molecule has 0 bridgehead atoms. The van der Waals surface area contributed by atoms with Crippen molar-refractivity contribution < 1.29 is 18.4 Å². The molecule has 4 N–H and O–H groups in total. The Balaban J connectivity index is 1.58. The van der Waals surface area contributed by atoms with E-state index in [0.29, 0.717) is 22.9 Å². The summed E-state index contributed by atoms with van der Waals surface area (Å²) in [6.07, 6.45) is 0. The largest absolute Gasteiger partial charge is 0.464 e. The van der Waals surface area contributed by atoms with Crippen LogP contribution in [0.4, 0.5) is 21.0 Å². The van der Waals surface area contributed by atoms with Gasteiger partial charge < -0.3 is 30.1 Å². The maximum atomic E-state index is 12.4. The van der Waals surface area contributed by atoms with E-state index in [1.54, 1.807) is 12.1 Å². The molecule has 31 heavy (non-hydrogen) atoms. The molecule has 8 nitrogen and oxygen atoms in total. The average molecular weight is 425 g/mol. The van der Waals surface area contributed by atoms with Crippen molar-refractivity contribution in [1.29, 1.82) is 0 Å². The first kappa shape index (κ1) is 22.0. The highest BCUT2D eigenvalue weighted by Crippen LogP contribution is 2.22. The van der Waals surface area contributed by atoms with E-state index in [1.807, 2.05) is 65.0 Å². The summed E-state index contributed by atoms with van der Waals surface area (Å²) in [4.78, 5) is 24.8. The molecule has 164 valence electrons. The van der Waals surface area contributed by atoms with Crippen molar-refractivity contribution in [1.82, 2.24) is 10.6 Å². The standard InChI is InChI=1S/C23H28N4O4/c1-13-6-9-18(26-22(28)24-16(4)20-10-7-14(2)30-20)12-19(13)27-23(29)25-17(5)21-11-8-15(3)31-21/h6-12,16-17H,1-5H3,(H2,24,26,28)(H2,25,27,29). The minimum Gasteiger partial charge on any atom is -0.464 e. The number of carbonyl (C=O) groups excluding carboxylic acids is 2. The highest BCUT2D eigenvalue weighted by molar-refractivity contribution is 5.93. The number of hydrogen-bond donors (Lipinski definition) is 4. The molecule has 0 aliphatic rings. The Morgan fingerprint density at radius 3 is 1.74 bits per heavy atom. The quantitative estimate of drug-likeness (QED) is 0.415. The monoisotopic (exact) mass is 424 g/mol. The zero-order valence-electron chi connectivity index (χ0n) is 18.3. The highest BCUT2D eigenvalue weighted by atomic mass is 16.3. The molecule has 8 heteroatoms. The fourth-order valence-corrected chi connectivity index (χ4v) is 3.07. The van der Waals surface area contributed by atoms with Crippen molar-refractivity contribution in [3.05, 3.63) is 71.1 Å². The molecular formula is C23H28N4O4. The van der Waals surface area contributed by atoms with Gasteiger partial charge in [-0.15, -0.1) is 0 Å². The van der Waals surface area contributed by atoms with Crippen molar-refractivity contribution in [3.8, 4) is 0 Å². The molecule has 2 atom stereocenters. The predicted octanol–water partition coefficient (Wildman–Crippen LogP) is 5.56. The van der Waals surface area contributed by atoms with E-state index in [1.165, 1.54) is 0 Å². The zero-order valence-corrected chi connectivity index (χ0v) is 18.3. The number of carbonyl (C=O) groups is 2. The molecule has 3 aromatic rings. The van der Waals surface area contributed by atoms with Crippen molar-refractivity contribution in [2.24, 2.45) is 0 Å². The molecule has 1 aromatic carbocycles. The predicted molar refractivity (Wildman–Crippen MR) is 119 cm³/mol. The van der Waals surface area contributed by atoms with Crippen LogP contribution in [0.2, 0.25) is 0 Å². The summed E-state index contributed by atoms with van der Waals surface area (Å²) in [5.41, 5.74) is 2.01. The molecule has 2 aromatic heterocycles. The van der Waals surface area contributed by atoms with E-state index < -0.39 is 0 Å². The molecule has 0 radical (unpaired) electrons. The topological polar surface area (TPSA) is 109 Å². The van der Waals surface area contributed by atoms with Crippen LogP contribution in [-0.2, 0) is 0 Å². The van der Waals surface area contributed by atoms with Gasteiger partial charge in [0.05, 0.1) is 12.1 Å². The Hall–Kier alpha value is -3.68. The van der Waals surface area contributed by atoms with Crippen LogP contribution in [0.1, 0.15) is 54.5 Å². The Labute approximate surface area is 181 Å². The van der Waals surface area contributed by atoms with Crippen LogP contribution in [0.25, 0.3) is 0 Å². The number of urea groups is 2. The number of hydrogen-bond acceptors (Lipinski definition) is 4. The molecule has 0 spiro atoms. The van der Waals surface area contributed by atoms with Crippen LogP contribution < -0.4 is 21.3 Å². The summed E-state index contributed by atoms with van der Waals surface area (Å²) in [6, 6.07) is 11.4. The highest BCUT2D eigenvalue weighted by Gasteiger charge is 2.15. The number of nitrogens with one attached hydrogen (secondary N) is 4. The molecular weight excluding hydrogens is 396 g/mol. The SMILES string of the molecule is Cc1ccc(C(C)NC(=O)Nc2ccc(C)c(NC(=O)NC(C)c3ccc(C)o3)c2)o1. The molecule has 0 fully saturated rings. The smallest absolute Gasteiger partial charge is 0.319 e. The van der Waals surface area contributed by atoms with Gasteiger partial charge in [-0.1, -0.05) is 6.07 Å². The van der Waals surface area contributed by atoms with Crippen molar-refractivity contribution in [2.45, 2.75) is 46.7 Å². The van der Waals surface area contributed by atoms with Crippen LogP contribution in [0.15, 0.2) is 51.3 Å². The third-order valence-corrected chi connectivity index (χ3v) is 4.81. The number of aryl methyl sites for hydroxylation is 3. The normalized spacial score (nSPS) is 12.7. The van der Waals surface area contributed by atoms with E-state index in [2.05, 4.69) is 21.3 Å². The van der Waals surface area contributed by atoms with Gasteiger partial charge in [0.2, 0.25) is 0 Å². The van der Waals surface area contributed by atoms with Gasteiger partial charge in [0.25, 0.3) is 0 Å². The number of benzene rings is 1. The zero-order chi connectivity index (χ0) is 22.5. The lowest BCUT2D eigenvalue weighted by molar-refractivity contribution is 0.247. The van der Waals surface area contributed by atoms with Crippen LogP contribution in [-0.4, -0.2) is 12.1 Å². The molecule has 0 saturated heterocycles. The van der Waals surface area contributed by atoms with Crippen LogP contribution in [0.5, 0.6) is 0 Å². The maximum Gasteiger partial charge on any atom is 0.319 e. The van der Waals surface area contributed by atoms with Gasteiger partial charge in [-0.2, -0.15) is 0 Å². The molecule has 2 heterocycles. The number of anilines is 2. The number of furan rings is 2. The molecule has 0 aliphatic heterocycles. The third kappa shape index (κ3) is 5.91. The summed E-state index contributed by atoms with van der Waals surface area (Å²) in [5.74, 6) is 2.93. The minimum absolute atomic E-state index is 0.283. The van der Waals surface area contributed by atoms with Gasteiger partial charge in [0.1, 0.15) is 23.0 Å². The average Bonchev–Trinajstić information content (AvgIpc) is 3.32. The fraction of sp³-hybridized carbons (Fsp3) is 0.304. The van der Waals surface area contributed by atoms with Gasteiger partial charge in [0.15, 0.2) is 0 Å². The second-order valence-electron chi connectivity index (χ2n) is 7.57. The summed E-state index contributed by atoms with van der Waals surface area (Å²) in [6.45, 7) is 9.26. The number of amides is 4. The first-order valence-electron chi connectivity index (χ1n) is 10.1. The first-order chi connectivity index (χ1) is 14.7. The van der Waals surface area contributed by atoms with Gasteiger partial charge in [-0.3, -0.25) is 0 Å².